The summed E-state index contributed by atoms with van der Waals surface area (Å²) in [6.45, 7) is 4.40. The van der Waals surface area contributed by atoms with Gasteiger partial charge in [0.15, 0.2) is 0 Å². The van der Waals surface area contributed by atoms with Crippen LogP contribution in [-0.4, -0.2) is 46.5 Å². The van der Waals surface area contributed by atoms with E-state index >= 15 is 0 Å². The number of rotatable bonds is 3. The number of anilines is 1. The molecular weight excluding hydrogens is 479 g/mol. The number of amides is 1. The molecule has 0 radical (unpaired) electrons. The van der Waals surface area contributed by atoms with Crippen molar-refractivity contribution in [3.05, 3.63) is 88.0 Å². The molecule has 4 aromatic rings. The summed E-state index contributed by atoms with van der Waals surface area (Å²) < 4.78 is 0. The third kappa shape index (κ3) is 4.03. The van der Waals surface area contributed by atoms with Crippen molar-refractivity contribution in [2.75, 3.05) is 24.5 Å². The maximum absolute atomic E-state index is 13.8. The van der Waals surface area contributed by atoms with Gasteiger partial charge in [0, 0.05) is 31.1 Å². The van der Waals surface area contributed by atoms with Crippen LogP contribution >= 0.6 is 23.2 Å². The predicted molar refractivity (Wildman–Crippen MR) is 141 cm³/mol. The molecule has 1 amide bonds. The van der Waals surface area contributed by atoms with E-state index in [1.54, 1.807) is 18.3 Å². The molecule has 0 aliphatic carbocycles. The van der Waals surface area contributed by atoms with Gasteiger partial charge in [0.05, 0.1) is 33.3 Å². The molecule has 5 nitrogen and oxygen atoms in total. The highest BCUT2D eigenvalue weighted by Gasteiger charge is 2.44. The van der Waals surface area contributed by atoms with Crippen LogP contribution < -0.4 is 4.90 Å². The first-order chi connectivity index (χ1) is 17.0. The van der Waals surface area contributed by atoms with Crippen LogP contribution in [0.3, 0.4) is 0 Å². The van der Waals surface area contributed by atoms with E-state index in [0.29, 0.717) is 28.0 Å². The SMILES string of the molecule is Cc1ccc(-c2ccccc2)c(C(=O)N2CC[C@H]3CN(c4cnc5cc(Cl)c(Cl)cc5n4)[C@H]3C2)c1. The van der Waals surface area contributed by atoms with E-state index in [1.807, 2.05) is 36.1 Å². The fourth-order valence-electron chi connectivity index (χ4n) is 5.26. The molecule has 2 saturated heterocycles. The van der Waals surface area contributed by atoms with Crippen LogP contribution in [0.2, 0.25) is 10.0 Å². The summed E-state index contributed by atoms with van der Waals surface area (Å²) in [6, 6.07) is 20.0. The predicted octanol–water partition coefficient (Wildman–Crippen LogP) is 6.26. The largest absolute Gasteiger partial charge is 0.350 e. The summed E-state index contributed by atoms with van der Waals surface area (Å²) >= 11 is 12.3. The number of piperidine rings is 1. The molecule has 176 valence electrons. The zero-order valence-electron chi connectivity index (χ0n) is 19.3. The number of likely N-dealkylation sites (tertiary alicyclic amines) is 1. The Bertz CT molecular complexity index is 1440. The van der Waals surface area contributed by atoms with Gasteiger partial charge >= 0.3 is 0 Å². The quantitative estimate of drug-likeness (QED) is 0.331. The smallest absolute Gasteiger partial charge is 0.254 e. The molecule has 3 heterocycles. The molecule has 2 aliphatic heterocycles. The van der Waals surface area contributed by atoms with Gasteiger partial charge in [-0.15, -0.1) is 0 Å². The van der Waals surface area contributed by atoms with Gasteiger partial charge in [0.25, 0.3) is 5.91 Å². The van der Waals surface area contributed by atoms with E-state index in [4.69, 9.17) is 28.2 Å². The summed E-state index contributed by atoms with van der Waals surface area (Å²) in [4.78, 5) is 27.4. The van der Waals surface area contributed by atoms with Crippen LogP contribution in [0.5, 0.6) is 0 Å². The molecule has 0 bridgehead atoms. The molecule has 2 atom stereocenters. The second kappa shape index (κ2) is 8.81. The summed E-state index contributed by atoms with van der Waals surface area (Å²) in [5, 5.41) is 0.937. The van der Waals surface area contributed by atoms with Crippen molar-refractivity contribution in [1.82, 2.24) is 14.9 Å². The Morgan fingerprint density at radius 1 is 0.971 bits per heavy atom. The van der Waals surface area contributed by atoms with Gasteiger partial charge in [-0.25, -0.2) is 4.98 Å². The van der Waals surface area contributed by atoms with Crippen LogP contribution in [0.1, 0.15) is 22.3 Å². The first-order valence-corrected chi connectivity index (χ1v) is 12.6. The van der Waals surface area contributed by atoms with E-state index < -0.39 is 0 Å². The maximum Gasteiger partial charge on any atom is 0.254 e. The Morgan fingerprint density at radius 2 is 1.74 bits per heavy atom. The first-order valence-electron chi connectivity index (χ1n) is 11.8. The molecule has 1 aromatic heterocycles. The fourth-order valence-corrected chi connectivity index (χ4v) is 5.57. The lowest BCUT2D eigenvalue weighted by Gasteiger charge is -2.54. The Balaban J connectivity index is 1.26. The third-order valence-corrected chi connectivity index (χ3v) is 7.92. The van der Waals surface area contributed by atoms with E-state index in [2.05, 4.69) is 34.1 Å². The van der Waals surface area contributed by atoms with Gasteiger partial charge in [0.2, 0.25) is 0 Å². The Kier molecular flexibility index (Phi) is 5.62. The summed E-state index contributed by atoms with van der Waals surface area (Å²) in [5.74, 6) is 1.45. The lowest BCUT2D eigenvalue weighted by molar-refractivity contribution is 0.0592. The van der Waals surface area contributed by atoms with Crippen molar-refractivity contribution < 1.29 is 4.79 Å². The van der Waals surface area contributed by atoms with Crippen LogP contribution in [0.15, 0.2) is 66.9 Å². The molecule has 3 aromatic carbocycles. The van der Waals surface area contributed by atoms with Gasteiger partial charge in [0.1, 0.15) is 5.82 Å². The van der Waals surface area contributed by atoms with E-state index in [0.717, 1.165) is 53.1 Å². The zero-order chi connectivity index (χ0) is 24.1. The number of carbonyl (C=O) groups excluding carboxylic acids is 1. The molecule has 0 N–H and O–H groups in total. The Hall–Kier alpha value is -3.15. The molecule has 2 aliphatic rings. The average Bonchev–Trinajstić information content (AvgIpc) is 2.85. The van der Waals surface area contributed by atoms with Crippen molar-refractivity contribution in [2.24, 2.45) is 5.92 Å². The molecule has 7 heteroatoms. The molecule has 6 rings (SSSR count). The highest BCUT2D eigenvalue weighted by atomic mass is 35.5. The highest BCUT2D eigenvalue weighted by Crippen LogP contribution is 2.37. The van der Waals surface area contributed by atoms with Crippen molar-refractivity contribution in [1.29, 1.82) is 0 Å². The third-order valence-electron chi connectivity index (χ3n) is 7.20. The topological polar surface area (TPSA) is 49.3 Å². The van der Waals surface area contributed by atoms with E-state index in [1.165, 1.54) is 0 Å². The van der Waals surface area contributed by atoms with Crippen LogP contribution in [0, 0.1) is 12.8 Å². The lowest BCUT2D eigenvalue weighted by Crippen LogP contribution is -2.65. The minimum absolute atomic E-state index is 0.0869. The average molecular weight is 503 g/mol. The van der Waals surface area contributed by atoms with E-state index in [-0.39, 0.29) is 11.9 Å². The minimum Gasteiger partial charge on any atom is -0.350 e. The summed E-state index contributed by atoms with van der Waals surface area (Å²) in [7, 11) is 0. The minimum atomic E-state index is 0.0869. The molecule has 2 fully saturated rings. The molecule has 35 heavy (non-hydrogen) atoms. The van der Waals surface area contributed by atoms with Crippen LogP contribution in [0.4, 0.5) is 5.82 Å². The number of fused-ring (bicyclic) bond motifs is 2. The zero-order valence-corrected chi connectivity index (χ0v) is 20.8. The first kappa shape index (κ1) is 22.3. The second-order valence-electron chi connectivity index (χ2n) is 9.42. The van der Waals surface area contributed by atoms with Gasteiger partial charge in [-0.2, -0.15) is 0 Å². The van der Waals surface area contributed by atoms with Crippen LogP contribution in [-0.2, 0) is 0 Å². The van der Waals surface area contributed by atoms with Crippen molar-refractivity contribution >= 4 is 46.0 Å². The molecule has 0 saturated carbocycles. The number of aryl methyl sites for hydroxylation is 1. The summed E-state index contributed by atoms with van der Waals surface area (Å²) in [5.41, 5.74) is 5.31. The van der Waals surface area contributed by atoms with Gasteiger partial charge in [-0.3, -0.25) is 9.78 Å². The number of nitrogens with zero attached hydrogens (tertiary/aromatic N) is 4. The van der Waals surface area contributed by atoms with Crippen molar-refractivity contribution in [3.63, 3.8) is 0 Å². The molecule has 0 spiro atoms. The number of aromatic nitrogens is 2. The Labute approximate surface area is 214 Å². The summed E-state index contributed by atoms with van der Waals surface area (Å²) in [6.07, 6.45) is 2.78. The Morgan fingerprint density at radius 3 is 2.54 bits per heavy atom. The molecule has 0 unspecified atom stereocenters. The van der Waals surface area contributed by atoms with E-state index in [9.17, 15) is 4.79 Å². The second-order valence-corrected chi connectivity index (χ2v) is 10.2. The fraction of sp³-hybridized carbons (Fsp3) is 0.250. The van der Waals surface area contributed by atoms with Gasteiger partial charge in [-0.05, 0) is 42.7 Å². The van der Waals surface area contributed by atoms with Gasteiger partial charge < -0.3 is 9.80 Å². The number of benzene rings is 3. The number of hydrogen-bond donors (Lipinski definition) is 0. The van der Waals surface area contributed by atoms with Gasteiger partial charge in [-0.1, -0.05) is 71.2 Å². The van der Waals surface area contributed by atoms with Crippen molar-refractivity contribution in [3.8, 4) is 11.1 Å². The normalized spacial score (nSPS) is 19.4. The number of carbonyl (C=O) groups is 1. The molecular formula is C28H24Cl2N4O. The van der Waals surface area contributed by atoms with Crippen molar-refractivity contribution in [2.45, 2.75) is 19.4 Å². The highest BCUT2D eigenvalue weighted by molar-refractivity contribution is 6.42. The number of halogens is 2. The number of hydrogen-bond acceptors (Lipinski definition) is 4. The van der Waals surface area contributed by atoms with Crippen LogP contribution in [0.25, 0.3) is 22.2 Å². The maximum atomic E-state index is 13.8. The standard InChI is InChI=1S/C28H24Cl2N4O/c1-17-7-8-20(18-5-3-2-4-6-18)21(11-17)28(35)33-10-9-19-15-34(26(19)16-33)27-14-31-24-12-22(29)23(30)13-25(24)32-27/h2-8,11-14,19,26H,9-10,15-16H2,1H3/t19-,26-/m0/s1. The monoisotopic (exact) mass is 502 g/mol. The lowest BCUT2D eigenvalue weighted by atomic mass is 9.82.